The van der Waals surface area contributed by atoms with Gasteiger partial charge < -0.3 is 15.6 Å². The number of aromatic amines is 1. The molecule has 5 heteroatoms. The average molecular weight is 243 g/mol. The van der Waals surface area contributed by atoms with Crippen molar-refractivity contribution in [3.63, 3.8) is 0 Å². The van der Waals surface area contributed by atoms with Crippen molar-refractivity contribution >= 4 is 16.9 Å². The van der Waals surface area contributed by atoms with Gasteiger partial charge in [0.05, 0.1) is 5.39 Å². The fourth-order valence-corrected chi connectivity index (χ4v) is 3.59. The van der Waals surface area contributed by atoms with Crippen LogP contribution in [0.2, 0.25) is 0 Å². The molecule has 4 rings (SSSR count). The highest BCUT2D eigenvalue weighted by Crippen LogP contribution is 2.39. The molecule has 3 atom stereocenters. The van der Waals surface area contributed by atoms with Crippen molar-refractivity contribution < 1.29 is 0 Å². The first-order valence-electron chi connectivity index (χ1n) is 6.61. The molecule has 2 aromatic rings. The second-order valence-electron chi connectivity index (χ2n) is 5.51. The fraction of sp³-hybridized carbons (Fsp3) is 0.538. The Bertz CT molecular complexity index is 578. The lowest BCUT2D eigenvalue weighted by atomic mass is 9.98. The van der Waals surface area contributed by atoms with Gasteiger partial charge in [-0.25, -0.2) is 9.97 Å². The lowest BCUT2D eigenvalue weighted by Gasteiger charge is -2.20. The van der Waals surface area contributed by atoms with Crippen LogP contribution >= 0.6 is 0 Å². The Labute approximate surface area is 105 Å². The maximum atomic E-state index is 6.19. The van der Waals surface area contributed by atoms with Crippen molar-refractivity contribution in [3.05, 3.63) is 18.6 Å². The van der Waals surface area contributed by atoms with Gasteiger partial charge in [-0.1, -0.05) is 0 Å². The van der Waals surface area contributed by atoms with E-state index in [1.165, 1.54) is 12.8 Å². The number of nitrogens with zero attached hydrogens (tertiary/aromatic N) is 3. The number of fused-ring (bicyclic) bond motifs is 2. The van der Waals surface area contributed by atoms with Crippen LogP contribution in [0.15, 0.2) is 18.6 Å². The zero-order valence-electron chi connectivity index (χ0n) is 10.2. The molecular formula is C13H17N5. The van der Waals surface area contributed by atoms with Crippen LogP contribution in [-0.2, 0) is 0 Å². The molecule has 0 amide bonds. The Morgan fingerprint density at radius 1 is 1.28 bits per heavy atom. The molecule has 5 nitrogen and oxygen atoms in total. The van der Waals surface area contributed by atoms with E-state index in [1.54, 1.807) is 6.33 Å². The Morgan fingerprint density at radius 3 is 3.11 bits per heavy atom. The summed E-state index contributed by atoms with van der Waals surface area (Å²) >= 11 is 0. The van der Waals surface area contributed by atoms with E-state index in [4.69, 9.17) is 5.73 Å². The molecule has 94 valence electrons. The topological polar surface area (TPSA) is 70.8 Å². The third-order valence-electron chi connectivity index (χ3n) is 4.54. The number of H-pyrrole nitrogens is 1. The van der Waals surface area contributed by atoms with Crippen LogP contribution in [0.4, 0.5) is 5.82 Å². The van der Waals surface area contributed by atoms with Crippen LogP contribution < -0.4 is 10.6 Å². The lowest BCUT2D eigenvalue weighted by Crippen LogP contribution is -2.30. The van der Waals surface area contributed by atoms with Crippen molar-refractivity contribution in [2.24, 2.45) is 17.6 Å². The van der Waals surface area contributed by atoms with Gasteiger partial charge in [0, 0.05) is 25.3 Å². The predicted molar refractivity (Wildman–Crippen MR) is 70.3 cm³/mol. The number of aromatic nitrogens is 3. The van der Waals surface area contributed by atoms with Gasteiger partial charge >= 0.3 is 0 Å². The summed E-state index contributed by atoms with van der Waals surface area (Å²) in [5.41, 5.74) is 7.11. The summed E-state index contributed by atoms with van der Waals surface area (Å²) in [6.07, 6.45) is 6.02. The molecule has 3 heterocycles. The molecule has 0 bridgehead atoms. The van der Waals surface area contributed by atoms with E-state index < -0.39 is 0 Å². The minimum atomic E-state index is 0.378. The molecule has 3 N–H and O–H groups in total. The first-order valence-corrected chi connectivity index (χ1v) is 6.61. The summed E-state index contributed by atoms with van der Waals surface area (Å²) in [4.78, 5) is 14.2. The summed E-state index contributed by atoms with van der Waals surface area (Å²) in [7, 11) is 0. The number of hydrogen-bond donors (Lipinski definition) is 2. The summed E-state index contributed by atoms with van der Waals surface area (Å²) < 4.78 is 0. The molecule has 2 aromatic heterocycles. The molecule has 2 fully saturated rings. The smallest absolute Gasteiger partial charge is 0.142 e. The van der Waals surface area contributed by atoms with E-state index in [2.05, 4.69) is 25.9 Å². The molecule has 0 aromatic carbocycles. The van der Waals surface area contributed by atoms with E-state index >= 15 is 0 Å². The quantitative estimate of drug-likeness (QED) is 0.787. The molecule has 0 radical (unpaired) electrons. The zero-order valence-corrected chi connectivity index (χ0v) is 10.2. The number of anilines is 1. The molecule has 3 unspecified atom stereocenters. The number of nitrogens with one attached hydrogen (secondary N) is 1. The molecule has 0 spiro atoms. The summed E-state index contributed by atoms with van der Waals surface area (Å²) in [6, 6.07) is 2.43. The van der Waals surface area contributed by atoms with Crippen LogP contribution in [0, 0.1) is 11.8 Å². The summed E-state index contributed by atoms with van der Waals surface area (Å²) in [5.74, 6) is 2.46. The maximum Gasteiger partial charge on any atom is 0.142 e. The van der Waals surface area contributed by atoms with Crippen molar-refractivity contribution in [2.45, 2.75) is 18.9 Å². The van der Waals surface area contributed by atoms with E-state index in [1.807, 2.05) is 6.20 Å². The molecule has 1 saturated heterocycles. The van der Waals surface area contributed by atoms with E-state index in [0.717, 1.165) is 35.9 Å². The lowest BCUT2D eigenvalue weighted by molar-refractivity contribution is 0.453. The van der Waals surface area contributed by atoms with Crippen molar-refractivity contribution in [1.29, 1.82) is 0 Å². The van der Waals surface area contributed by atoms with Gasteiger partial charge in [0.25, 0.3) is 0 Å². The molecule has 1 aliphatic heterocycles. The highest BCUT2D eigenvalue weighted by molar-refractivity contribution is 5.87. The third kappa shape index (κ3) is 1.37. The largest absolute Gasteiger partial charge is 0.355 e. The summed E-state index contributed by atoms with van der Waals surface area (Å²) in [5, 5.41) is 1.12. The van der Waals surface area contributed by atoms with Crippen LogP contribution in [0.5, 0.6) is 0 Å². The molecular weight excluding hydrogens is 226 g/mol. The van der Waals surface area contributed by atoms with Gasteiger partial charge in [-0.2, -0.15) is 0 Å². The number of nitrogens with two attached hydrogens (primary N) is 1. The van der Waals surface area contributed by atoms with E-state index in [0.29, 0.717) is 12.0 Å². The van der Waals surface area contributed by atoms with Gasteiger partial charge in [0.2, 0.25) is 0 Å². The number of rotatable bonds is 1. The highest BCUT2D eigenvalue weighted by atomic mass is 15.2. The minimum absolute atomic E-state index is 0.378. The van der Waals surface area contributed by atoms with Gasteiger partial charge in [0.15, 0.2) is 0 Å². The second-order valence-corrected chi connectivity index (χ2v) is 5.51. The molecule has 1 aliphatic carbocycles. The van der Waals surface area contributed by atoms with Gasteiger partial charge in [-0.3, -0.25) is 0 Å². The van der Waals surface area contributed by atoms with Crippen LogP contribution in [0.25, 0.3) is 11.0 Å². The third-order valence-corrected chi connectivity index (χ3v) is 4.54. The monoisotopic (exact) mass is 243 g/mol. The zero-order chi connectivity index (χ0) is 12.1. The molecule has 18 heavy (non-hydrogen) atoms. The Balaban J connectivity index is 1.70. The number of hydrogen-bond acceptors (Lipinski definition) is 4. The van der Waals surface area contributed by atoms with Crippen molar-refractivity contribution in [1.82, 2.24) is 15.0 Å². The Morgan fingerprint density at radius 2 is 2.22 bits per heavy atom. The SMILES string of the molecule is NC1CCC2CN(c3ncnc4[nH]ccc34)CC12. The molecule has 2 aliphatic rings. The van der Waals surface area contributed by atoms with Crippen LogP contribution in [0.3, 0.4) is 0 Å². The predicted octanol–water partition coefficient (Wildman–Crippen LogP) is 1.13. The van der Waals surface area contributed by atoms with E-state index in [-0.39, 0.29) is 0 Å². The van der Waals surface area contributed by atoms with E-state index in [9.17, 15) is 0 Å². The first-order chi connectivity index (χ1) is 8.83. The van der Waals surface area contributed by atoms with Gasteiger partial charge in [-0.15, -0.1) is 0 Å². The van der Waals surface area contributed by atoms with Crippen LogP contribution in [-0.4, -0.2) is 34.1 Å². The second kappa shape index (κ2) is 3.68. The van der Waals surface area contributed by atoms with Crippen LogP contribution in [0.1, 0.15) is 12.8 Å². The maximum absolute atomic E-state index is 6.19. The van der Waals surface area contributed by atoms with Gasteiger partial charge in [-0.05, 0) is 30.7 Å². The fourth-order valence-electron chi connectivity index (χ4n) is 3.59. The summed E-state index contributed by atoms with van der Waals surface area (Å²) in [6.45, 7) is 2.14. The Kier molecular flexibility index (Phi) is 2.11. The van der Waals surface area contributed by atoms with Gasteiger partial charge in [0.1, 0.15) is 17.8 Å². The Hall–Kier alpha value is -1.62. The highest BCUT2D eigenvalue weighted by Gasteiger charge is 2.41. The first kappa shape index (κ1) is 10.3. The van der Waals surface area contributed by atoms with Crippen molar-refractivity contribution in [2.75, 3.05) is 18.0 Å². The van der Waals surface area contributed by atoms with Crippen molar-refractivity contribution in [3.8, 4) is 0 Å². The average Bonchev–Trinajstić information content (AvgIpc) is 3.06. The standard InChI is InChI=1S/C13H17N5/c14-11-2-1-8-5-18(6-10(8)11)13-9-3-4-15-12(9)16-7-17-13/h3-4,7-8,10-11H,1-2,5-6,14H2,(H,15,16,17). The molecule has 1 saturated carbocycles. The minimum Gasteiger partial charge on any atom is -0.355 e. The normalized spacial score (nSPS) is 31.2.